The van der Waals surface area contributed by atoms with Crippen molar-refractivity contribution >= 4 is 0 Å². The molecule has 0 spiro atoms. The van der Waals surface area contributed by atoms with Crippen LogP contribution in [0.5, 0.6) is 0 Å². The van der Waals surface area contributed by atoms with Gasteiger partial charge in [0.2, 0.25) is 0 Å². The number of rotatable bonds is 5. The van der Waals surface area contributed by atoms with Gasteiger partial charge in [-0.25, -0.2) is 0 Å². The van der Waals surface area contributed by atoms with Gasteiger partial charge in [0.15, 0.2) is 0 Å². The molecule has 2 N–H and O–H groups in total. The SMILES string of the molecule is CCn1cc(COC(C)(C)CN)cn1. The van der Waals surface area contributed by atoms with Crippen molar-refractivity contribution in [3.8, 4) is 0 Å². The van der Waals surface area contributed by atoms with Gasteiger partial charge in [0, 0.05) is 24.8 Å². The van der Waals surface area contributed by atoms with Crippen molar-refractivity contribution < 1.29 is 4.74 Å². The lowest BCUT2D eigenvalue weighted by atomic mass is 10.1. The molecule has 0 aliphatic rings. The minimum absolute atomic E-state index is 0.256. The lowest BCUT2D eigenvalue weighted by Crippen LogP contribution is -2.33. The highest BCUT2D eigenvalue weighted by atomic mass is 16.5. The van der Waals surface area contributed by atoms with Gasteiger partial charge < -0.3 is 10.5 Å². The lowest BCUT2D eigenvalue weighted by Gasteiger charge is -2.22. The van der Waals surface area contributed by atoms with Gasteiger partial charge in [-0.2, -0.15) is 5.10 Å². The summed E-state index contributed by atoms with van der Waals surface area (Å²) < 4.78 is 7.53. The van der Waals surface area contributed by atoms with E-state index in [-0.39, 0.29) is 5.60 Å². The normalized spacial score (nSPS) is 12.0. The quantitative estimate of drug-likeness (QED) is 0.770. The molecule has 0 radical (unpaired) electrons. The molecule has 0 aliphatic carbocycles. The fourth-order valence-electron chi connectivity index (χ4n) is 0.991. The summed E-state index contributed by atoms with van der Waals surface area (Å²) in [6.45, 7) is 8.01. The van der Waals surface area contributed by atoms with Crippen molar-refractivity contribution in [2.75, 3.05) is 6.54 Å². The van der Waals surface area contributed by atoms with Crippen molar-refractivity contribution in [2.45, 2.75) is 39.5 Å². The van der Waals surface area contributed by atoms with Gasteiger partial charge >= 0.3 is 0 Å². The van der Waals surface area contributed by atoms with Crippen molar-refractivity contribution in [2.24, 2.45) is 5.73 Å². The monoisotopic (exact) mass is 197 g/mol. The van der Waals surface area contributed by atoms with E-state index in [9.17, 15) is 0 Å². The van der Waals surface area contributed by atoms with E-state index < -0.39 is 0 Å². The largest absolute Gasteiger partial charge is 0.369 e. The van der Waals surface area contributed by atoms with Crippen LogP contribution in [-0.4, -0.2) is 21.9 Å². The molecule has 80 valence electrons. The van der Waals surface area contributed by atoms with Crippen LogP contribution in [-0.2, 0) is 17.9 Å². The summed E-state index contributed by atoms with van der Waals surface area (Å²) in [5.74, 6) is 0. The molecule has 4 heteroatoms. The number of hydrogen-bond acceptors (Lipinski definition) is 3. The van der Waals surface area contributed by atoms with Crippen LogP contribution in [0, 0.1) is 0 Å². The predicted molar refractivity (Wildman–Crippen MR) is 55.8 cm³/mol. The molecule has 0 amide bonds. The molecule has 1 aromatic heterocycles. The molecule has 1 aromatic rings. The summed E-state index contributed by atoms with van der Waals surface area (Å²) in [6, 6.07) is 0. The maximum absolute atomic E-state index is 5.64. The summed E-state index contributed by atoms with van der Waals surface area (Å²) in [5, 5.41) is 4.17. The van der Waals surface area contributed by atoms with Crippen molar-refractivity contribution in [1.82, 2.24) is 9.78 Å². The van der Waals surface area contributed by atoms with Crippen LogP contribution in [0.15, 0.2) is 12.4 Å². The fourth-order valence-corrected chi connectivity index (χ4v) is 0.991. The Morgan fingerprint density at radius 2 is 2.29 bits per heavy atom. The summed E-state index contributed by atoms with van der Waals surface area (Å²) in [7, 11) is 0. The molecule has 0 saturated heterocycles. The second-order valence-corrected chi connectivity index (χ2v) is 3.96. The molecular formula is C10H19N3O. The van der Waals surface area contributed by atoms with Crippen LogP contribution in [0.25, 0.3) is 0 Å². The molecule has 0 saturated carbocycles. The Morgan fingerprint density at radius 3 is 2.79 bits per heavy atom. The van der Waals surface area contributed by atoms with Gasteiger partial charge in [0.25, 0.3) is 0 Å². The Labute approximate surface area is 85.0 Å². The number of ether oxygens (including phenoxy) is 1. The minimum atomic E-state index is -0.256. The van der Waals surface area contributed by atoms with Crippen LogP contribution in [0.1, 0.15) is 26.3 Å². The smallest absolute Gasteiger partial charge is 0.0755 e. The summed E-state index contributed by atoms with van der Waals surface area (Å²) in [5.41, 5.74) is 6.39. The molecule has 1 rings (SSSR count). The van der Waals surface area contributed by atoms with E-state index in [4.69, 9.17) is 10.5 Å². The highest BCUT2D eigenvalue weighted by Crippen LogP contribution is 2.10. The molecule has 0 atom stereocenters. The zero-order valence-corrected chi connectivity index (χ0v) is 9.16. The second kappa shape index (κ2) is 4.57. The topological polar surface area (TPSA) is 53.1 Å². The predicted octanol–water partition coefficient (Wildman–Crippen LogP) is 1.16. The van der Waals surface area contributed by atoms with Gasteiger partial charge in [0.05, 0.1) is 18.4 Å². The van der Waals surface area contributed by atoms with Crippen molar-refractivity contribution in [3.05, 3.63) is 18.0 Å². The number of nitrogens with zero attached hydrogens (tertiary/aromatic N) is 2. The van der Waals surface area contributed by atoms with Crippen molar-refractivity contribution in [1.29, 1.82) is 0 Å². The van der Waals surface area contributed by atoms with E-state index in [1.54, 1.807) is 0 Å². The summed E-state index contributed by atoms with van der Waals surface area (Å²) in [4.78, 5) is 0. The Hall–Kier alpha value is -0.870. The third kappa shape index (κ3) is 3.12. The van der Waals surface area contributed by atoms with Crippen LogP contribution >= 0.6 is 0 Å². The fraction of sp³-hybridized carbons (Fsp3) is 0.700. The highest BCUT2D eigenvalue weighted by molar-refractivity contribution is 5.02. The maximum Gasteiger partial charge on any atom is 0.0755 e. The summed E-state index contributed by atoms with van der Waals surface area (Å²) in [6.07, 6.45) is 3.82. The molecule has 14 heavy (non-hydrogen) atoms. The Morgan fingerprint density at radius 1 is 1.57 bits per heavy atom. The van der Waals surface area contributed by atoms with Gasteiger partial charge in [-0.1, -0.05) is 0 Å². The lowest BCUT2D eigenvalue weighted by molar-refractivity contribution is -0.0222. The molecular weight excluding hydrogens is 178 g/mol. The van der Waals surface area contributed by atoms with Gasteiger partial charge in [0.1, 0.15) is 0 Å². The van der Waals surface area contributed by atoms with Crippen molar-refractivity contribution in [3.63, 3.8) is 0 Å². The third-order valence-electron chi connectivity index (χ3n) is 2.13. The Balaban J connectivity index is 2.45. The molecule has 4 nitrogen and oxygen atoms in total. The van der Waals surface area contributed by atoms with Gasteiger partial charge in [-0.05, 0) is 20.8 Å². The van der Waals surface area contributed by atoms with Crippen LogP contribution in [0.4, 0.5) is 0 Å². The first-order valence-corrected chi connectivity index (χ1v) is 4.93. The summed E-state index contributed by atoms with van der Waals surface area (Å²) >= 11 is 0. The zero-order valence-electron chi connectivity index (χ0n) is 9.16. The first kappa shape index (κ1) is 11.2. The Bertz CT molecular complexity index is 281. The Kier molecular flexibility index (Phi) is 3.66. The molecule has 0 unspecified atom stereocenters. The number of nitrogens with two attached hydrogens (primary N) is 1. The number of hydrogen-bond donors (Lipinski definition) is 1. The van der Waals surface area contributed by atoms with E-state index in [2.05, 4.69) is 12.0 Å². The molecule has 0 bridgehead atoms. The molecule has 0 aliphatic heterocycles. The molecule has 0 fully saturated rings. The van der Waals surface area contributed by atoms with Crippen LogP contribution in [0.2, 0.25) is 0 Å². The van der Waals surface area contributed by atoms with E-state index >= 15 is 0 Å². The second-order valence-electron chi connectivity index (χ2n) is 3.96. The number of aryl methyl sites for hydroxylation is 1. The van der Waals surface area contributed by atoms with E-state index in [1.165, 1.54) is 0 Å². The van der Waals surface area contributed by atoms with Gasteiger partial charge in [-0.15, -0.1) is 0 Å². The standard InChI is InChI=1S/C10H19N3O/c1-4-13-6-9(5-12-13)7-14-10(2,3)8-11/h5-6H,4,7-8,11H2,1-3H3. The maximum atomic E-state index is 5.64. The van der Waals surface area contributed by atoms with E-state index in [1.807, 2.05) is 30.9 Å². The van der Waals surface area contributed by atoms with Crippen LogP contribution in [0.3, 0.4) is 0 Å². The molecule has 1 heterocycles. The van der Waals surface area contributed by atoms with Gasteiger partial charge in [-0.3, -0.25) is 4.68 Å². The average Bonchev–Trinajstić information content (AvgIpc) is 2.63. The highest BCUT2D eigenvalue weighted by Gasteiger charge is 2.15. The number of aromatic nitrogens is 2. The molecule has 0 aromatic carbocycles. The van der Waals surface area contributed by atoms with E-state index in [0.29, 0.717) is 13.2 Å². The minimum Gasteiger partial charge on any atom is -0.369 e. The average molecular weight is 197 g/mol. The van der Waals surface area contributed by atoms with E-state index in [0.717, 1.165) is 12.1 Å². The third-order valence-corrected chi connectivity index (χ3v) is 2.13. The van der Waals surface area contributed by atoms with Crippen LogP contribution < -0.4 is 5.73 Å². The first-order valence-electron chi connectivity index (χ1n) is 4.93. The first-order chi connectivity index (χ1) is 6.57. The zero-order chi connectivity index (χ0) is 10.6.